The zero-order valence-electron chi connectivity index (χ0n) is 19.2. The van der Waals surface area contributed by atoms with Gasteiger partial charge in [-0.05, 0) is 42.7 Å². The normalized spacial score (nSPS) is 15.4. The molecule has 0 unspecified atom stereocenters. The number of aliphatic imine (C=N–C) groups is 1. The number of amides is 1. The van der Waals surface area contributed by atoms with Crippen molar-refractivity contribution in [3.63, 3.8) is 0 Å². The molecule has 0 atom stereocenters. The largest absolute Gasteiger partial charge is 0.491 e. The fourth-order valence-electron chi connectivity index (χ4n) is 3.66. The van der Waals surface area contributed by atoms with Gasteiger partial charge in [0.15, 0.2) is 5.96 Å². The number of carbonyl (C=O) groups is 1. The summed E-state index contributed by atoms with van der Waals surface area (Å²) < 4.78 is 6.05. The van der Waals surface area contributed by atoms with Crippen molar-refractivity contribution in [1.29, 1.82) is 0 Å². The van der Waals surface area contributed by atoms with E-state index in [9.17, 15) is 4.79 Å². The summed E-state index contributed by atoms with van der Waals surface area (Å²) >= 11 is 0. The maximum atomic E-state index is 11.6. The summed E-state index contributed by atoms with van der Waals surface area (Å²) in [6, 6.07) is 8.24. The molecule has 1 heterocycles. The van der Waals surface area contributed by atoms with Crippen LogP contribution < -0.4 is 15.4 Å². The second-order valence-electron chi connectivity index (χ2n) is 8.64. The number of hydrogen-bond acceptors (Lipinski definition) is 3. The van der Waals surface area contributed by atoms with Gasteiger partial charge in [0.05, 0.1) is 6.54 Å². The zero-order valence-corrected chi connectivity index (χ0v) is 21.5. The first kappa shape index (κ1) is 26.5. The maximum Gasteiger partial charge on any atom is 0.220 e. The molecular weight excluding hydrogens is 491 g/mol. The summed E-state index contributed by atoms with van der Waals surface area (Å²) in [7, 11) is 1.70. The van der Waals surface area contributed by atoms with Gasteiger partial charge in [-0.25, -0.2) is 4.99 Å². The molecule has 7 heteroatoms. The Bertz CT molecular complexity index is 680. The summed E-state index contributed by atoms with van der Waals surface area (Å²) in [5.41, 5.74) is 1.27. The summed E-state index contributed by atoms with van der Waals surface area (Å²) in [5.74, 6) is 2.48. The molecule has 2 N–H and O–H groups in total. The van der Waals surface area contributed by atoms with E-state index in [-0.39, 0.29) is 35.3 Å². The molecule has 30 heavy (non-hydrogen) atoms. The molecule has 1 aromatic carbocycles. The molecule has 0 aliphatic carbocycles. The average Bonchev–Trinajstić information content (AvgIpc) is 2.70. The molecular formula is C23H39IN4O2. The van der Waals surface area contributed by atoms with Gasteiger partial charge in [0.25, 0.3) is 0 Å². The monoisotopic (exact) mass is 530 g/mol. The van der Waals surface area contributed by atoms with Crippen molar-refractivity contribution in [3.8, 4) is 5.75 Å². The van der Waals surface area contributed by atoms with Crippen LogP contribution in [0.5, 0.6) is 5.75 Å². The molecule has 2 rings (SSSR count). The van der Waals surface area contributed by atoms with Crippen LogP contribution in [0.2, 0.25) is 0 Å². The SMILES string of the molecule is CCNC(=NCCOc1ccccc1C(C)(C)C)N1CCC(CC(=O)NC)CC1.I. The number of halogens is 1. The van der Waals surface area contributed by atoms with Crippen LogP contribution >= 0.6 is 24.0 Å². The Hall–Kier alpha value is -1.51. The number of carbonyl (C=O) groups excluding carboxylic acids is 1. The molecule has 0 saturated carbocycles. The van der Waals surface area contributed by atoms with Crippen LogP contribution in [-0.2, 0) is 10.2 Å². The fraction of sp³-hybridized carbons (Fsp3) is 0.652. The van der Waals surface area contributed by atoms with Gasteiger partial charge in [-0.2, -0.15) is 0 Å². The molecule has 1 amide bonds. The van der Waals surface area contributed by atoms with E-state index in [1.54, 1.807) is 7.05 Å². The highest BCUT2D eigenvalue weighted by molar-refractivity contribution is 14.0. The third kappa shape index (κ3) is 8.32. The summed E-state index contributed by atoms with van der Waals surface area (Å²) in [5, 5.41) is 6.12. The maximum absolute atomic E-state index is 11.6. The van der Waals surface area contributed by atoms with Crippen molar-refractivity contribution in [3.05, 3.63) is 29.8 Å². The quantitative estimate of drug-likeness (QED) is 0.244. The third-order valence-corrected chi connectivity index (χ3v) is 5.31. The van der Waals surface area contributed by atoms with Crippen LogP contribution in [0.4, 0.5) is 0 Å². The Balaban J connectivity index is 0.00000450. The molecule has 6 nitrogen and oxygen atoms in total. The third-order valence-electron chi connectivity index (χ3n) is 5.31. The second-order valence-corrected chi connectivity index (χ2v) is 8.64. The van der Waals surface area contributed by atoms with Crippen molar-refractivity contribution < 1.29 is 9.53 Å². The van der Waals surface area contributed by atoms with Gasteiger partial charge in [0, 0.05) is 33.1 Å². The number of rotatable bonds is 7. The minimum Gasteiger partial charge on any atom is -0.491 e. The first-order chi connectivity index (χ1) is 13.8. The first-order valence-corrected chi connectivity index (χ1v) is 10.8. The lowest BCUT2D eigenvalue weighted by molar-refractivity contribution is -0.121. The highest BCUT2D eigenvalue weighted by Gasteiger charge is 2.23. The Morgan fingerprint density at radius 1 is 1.23 bits per heavy atom. The molecule has 1 saturated heterocycles. The van der Waals surface area contributed by atoms with Crippen LogP contribution in [0, 0.1) is 5.92 Å². The molecule has 1 fully saturated rings. The Morgan fingerprint density at radius 3 is 2.50 bits per heavy atom. The average molecular weight is 530 g/mol. The van der Waals surface area contributed by atoms with E-state index >= 15 is 0 Å². The number of nitrogens with zero attached hydrogens (tertiary/aromatic N) is 2. The smallest absolute Gasteiger partial charge is 0.220 e. The van der Waals surface area contributed by atoms with Crippen LogP contribution in [-0.4, -0.2) is 56.6 Å². The lowest BCUT2D eigenvalue weighted by atomic mass is 9.86. The standard InChI is InChI=1S/C23H38N4O2.HI/c1-6-25-22(27-14-11-18(12-15-27)17-21(28)24-5)26-13-16-29-20-10-8-7-9-19(20)23(2,3)4;/h7-10,18H,6,11-17H2,1-5H3,(H,24,28)(H,25,26);1H. The Labute approximate surface area is 199 Å². The zero-order chi connectivity index (χ0) is 21.3. The van der Waals surface area contributed by atoms with Gasteiger partial charge >= 0.3 is 0 Å². The lowest BCUT2D eigenvalue weighted by Crippen LogP contribution is -2.46. The molecule has 0 spiro atoms. The number of hydrogen-bond donors (Lipinski definition) is 2. The minimum absolute atomic E-state index is 0. The van der Waals surface area contributed by atoms with Crippen molar-refractivity contribution in [2.45, 2.75) is 52.4 Å². The predicted octanol–water partition coefficient (Wildman–Crippen LogP) is 3.79. The molecule has 1 aromatic rings. The molecule has 170 valence electrons. The van der Waals surface area contributed by atoms with Gasteiger partial charge in [-0.15, -0.1) is 24.0 Å². The Kier molecular flexibility index (Phi) is 11.5. The van der Waals surface area contributed by atoms with Crippen LogP contribution in [0.15, 0.2) is 29.3 Å². The van der Waals surface area contributed by atoms with E-state index in [4.69, 9.17) is 9.73 Å². The van der Waals surface area contributed by atoms with Crippen molar-refractivity contribution in [1.82, 2.24) is 15.5 Å². The van der Waals surface area contributed by atoms with Gasteiger partial charge in [0.1, 0.15) is 12.4 Å². The molecule has 0 aromatic heterocycles. The molecule has 1 aliphatic rings. The first-order valence-electron chi connectivity index (χ1n) is 10.8. The van der Waals surface area contributed by atoms with Crippen molar-refractivity contribution in [2.24, 2.45) is 10.9 Å². The minimum atomic E-state index is 0. The number of likely N-dealkylation sites (tertiary alicyclic amines) is 1. The molecule has 0 radical (unpaired) electrons. The second kappa shape index (κ2) is 13.0. The van der Waals surface area contributed by atoms with Gasteiger partial charge in [-0.1, -0.05) is 39.0 Å². The fourth-order valence-corrected chi connectivity index (χ4v) is 3.66. The number of nitrogens with one attached hydrogen (secondary N) is 2. The molecule has 0 bridgehead atoms. The van der Waals surface area contributed by atoms with Crippen LogP contribution in [0.25, 0.3) is 0 Å². The van der Waals surface area contributed by atoms with Crippen molar-refractivity contribution in [2.75, 3.05) is 39.8 Å². The summed E-state index contributed by atoms with van der Waals surface area (Å²) in [6.07, 6.45) is 2.67. The Morgan fingerprint density at radius 2 is 1.90 bits per heavy atom. The van der Waals surface area contributed by atoms with E-state index in [1.165, 1.54) is 5.56 Å². The summed E-state index contributed by atoms with van der Waals surface area (Å²) in [4.78, 5) is 18.7. The van der Waals surface area contributed by atoms with Gasteiger partial charge in [0.2, 0.25) is 5.91 Å². The highest BCUT2D eigenvalue weighted by Crippen LogP contribution is 2.30. The number of piperidine rings is 1. The van der Waals surface area contributed by atoms with E-state index in [0.29, 0.717) is 25.5 Å². The van der Waals surface area contributed by atoms with Gasteiger partial charge < -0.3 is 20.3 Å². The summed E-state index contributed by atoms with van der Waals surface area (Å²) in [6.45, 7) is 12.5. The van der Waals surface area contributed by atoms with E-state index in [1.807, 2.05) is 12.1 Å². The number of guanidine groups is 1. The lowest BCUT2D eigenvalue weighted by Gasteiger charge is -2.34. The van der Waals surface area contributed by atoms with Gasteiger partial charge in [-0.3, -0.25) is 4.79 Å². The topological polar surface area (TPSA) is 66.0 Å². The predicted molar refractivity (Wildman–Crippen MR) is 135 cm³/mol. The number of ether oxygens (including phenoxy) is 1. The van der Waals surface area contributed by atoms with E-state index < -0.39 is 0 Å². The molecule has 1 aliphatic heterocycles. The van der Waals surface area contributed by atoms with E-state index in [0.717, 1.165) is 44.2 Å². The number of para-hydroxylation sites is 1. The van der Waals surface area contributed by atoms with Crippen molar-refractivity contribution >= 4 is 35.8 Å². The number of benzene rings is 1. The highest BCUT2D eigenvalue weighted by atomic mass is 127. The van der Waals surface area contributed by atoms with E-state index in [2.05, 4.69) is 55.4 Å². The van der Waals surface area contributed by atoms with Crippen LogP contribution in [0.3, 0.4) is 0 Å². The van der Waals surface area contributed by atoms with Crippen LogP contribution in [0.1, 0.15) is 52.5 Å².